The van der Waals surface area contributed by atoms with E-state index in [-0.39, 0.29) is 12.0 Å². The number of rotatable bonds is 2. The van der Waals surface area contributed by atoms with E-state index >= 15 is 0 Å². The summed E-state index contributed by atoms with van der Waals surface area (Å²) in [7, 11) is 0. The quantitative estimate of drug-likeness (QED) is 0.876. The van der Waals surface area contributed by atoms with Crippen LogP contribution in [0, 0.1) is 19.8 Å². The first-order chi connectivity index (χ1) is 7.99. The first kappa shape index (κ1) is 12.9. The van der Waals surface area contributed by atoms with E-state index < -0.39 is 6.10 Å². The number of halogens is 1. The molecule has 1 N–H and O–H groups in total. The predicted octanol–water partition coefficient (Wildman–Crippen LogP) is 3.42. The lowest BCUT2D eigenvalue weighted by molar-refractivity contribution is 0.0804. The highest BCUT2D eigenvalue weighted by Crippen LogP contribution is 2.35. The Morgan fingerprint density at radius 2 is 2.00 bits per heavy atom. The van der Waals surface area contributed by atoms with Crippen LogP contribution in [0.5, 0.6) is 0 Å². The van der Waals surface area contributed by atoms with Gasteiger partial charge in [-0.2, -0.15) is 0 Å². The molecule has 2 rings (SSSR count). The SMILES string of the molecule is Cc1cc(Cl)c(C(O)C2COC(C)C2)cc1C. The van der Waals surface area contributed by atoms with Crippen molar-refractivity contribution in [2.75, 3.05) is 6.61 Å². The lowest BCUT2D eigenvalue weighted by Gasteiger charge is -2.19. The van der Waals surface area contributed by atoms with Crippen LogP contribution < -0.4 is 0 Å². The summed E-state index contributed by atoms with van der Waals surface area (Å²) in [6.07, 6.45) is 0.608. The third-order valence-electron chi connectivity index (χ3n) is 3.61. The molecule has 0 saturated carbocycles. The molecule has 2 nitrogen and oxygen atoms in total. The molecule has 3 heteroatoms. The van der Waals surface area contributed by atoms with Gasteiger partial charge in [0.1, 0.15) is 0 Å². The topological polar surface area (TPSA) is 29.5 Å². The highest BCUT2D eigenvalue weighted by Gasteiger charge is 2.30. The van der Waals surface area contributed by atoms with Crippen molar-refractivity contribution in [2.24, 2.45) is 5.92 Å². The molecule has 3 atom stereocenters. The van der Waals surface area contributed by atoms with Gasteiger partial charge in [0, 0.05) is 10.9 Å². The molecule has 1 aromatic carbocycles. The van der Waals surface area contributed by atoms with Crippen molar-refractivity contribution in [3.05, 3.63) is 33.8 Å². The average Bonchev–Trinajstić information content (AvgIpc) is 2.69. The van der Waals surface area contributed by atoms with Gasteiger partial charge in [0.05, 0.1) is 18.8 Å². The van der Waals surface area contributed by atoms with Gasteiger partial charge in [-0.3, -0.25) is 0 Å². The van der Waals surface area contributed by atoms with E-state index in [4.69, 9.17) is 16.3 Å². The Labute approximate surface area is 108 Å². The second kappa shape index (κ2) is 4.97. The summed E-state index contributed by atoms with van der Waals surface area (Å²) in [5.74, 6) is 0.157. The molecule has 0 bridgehead atoms. The Hall–Kier alpha value is -0.570. The Balaban J connectivity index is 2.24. The summed E-state index contributed by atoms with van der Waals surface area (Å²) >= 11 is 6.21. The number of hydrogen-bond acceptors (Lipinski definition) is 2. The van der Waals surface area contributed by atoms with E-state index in [0.717, 1.165) is 23.1 Å². The maximum atomic E-state index is 10.4. The van der Waals surface area contributed by atoms with Crippen molar-refractivity contribution in [1.82, 2.24) is 0 Å². The minimum Gasteiger partial charge on any atom is -0.388 e. The smallest absolute Gasteiger partial charge is 0.0855 e. The highest BCUT2D eigenvalue weighted by molar-refractivity contribution is 6.31. The summed E-state index contributed by atoms with van der Waals surface area (Å²) in [4.78, 5) is 0. The Morgan fingerprint density at radius 1 is 1.35 bits per heavy atom. The first-order valence-electron chi connectivity index (χ1n) is 6.05. The zero-order valence-corrected chi connectivity index (χ0v) is 11.3. The summed E-state index contributed by atoms with van der Waals surface area (Å²) in [5, 5.41) is 11.0. The predicted molar refractivity (Wildman–Crippen MR) is 69.4 cm³/mol. The second-order valence-electron chi connectivity index (χ2n) is 5.04. The van der Waals surface area contributed by atoms with Crippen molar-refractivity contribution < 1.29 is 9.84 Å². The zero-order valence-electron chi connectivity index (χ0n) is 10.5. The molecule has 1 aliphatic rings. The molecule has 17 heavy (non-hydrogen) atoms. The van der Waals surface area contributed by atoms with Crippen molar-refractivity contribution in [3.8, 4) is 0 Å². The molecule has 0 aromatic heterocycles. The van der Waals surface area contributed by atoms with Crippen molar-refractivity contribution >= 4 is 11.6 Å². The molecular formula is C14H19ClO2. The minimum atomic E-state index is -0.522. The van der Waals surface area contributed by atoms with E-state index in [2.05, 4.69) is 0 Å². The molecule has 1 saturated heterocycles. The van der Waals surface area contributed by atoms with Gasteiger partial charge in [-0.05, 0) is 49.9 Å². The molecule has 1 heterocycles. The van der Waals surface area contributed by atoms with Gasteiger partial charge in [-0.1, -0.05) is 17.7 Å². The molecule has 0 amide bonds. The lowest BCUT2D eigenvalue weighted by Crippen LogP contribution is -2.13. The first-order valence-corrected chi connectivity index (χ1v) is 6.43. The van der Waals surface area contributed by atoms with Crippen LogP contribution in [0.1, 0.15) is 36.1 Å². The Bertz CT molecular complexity index is 417. The van der Waals surface area contributed by atoms with Gasteiger partial charge < -0.3 is 9.84 Å². The largest absolute Gasteiger partial charge is 0.388 e. The molecule has 1 aromatic rings. The standard InChI is InChI=1S/C14H19ClO2/c1-8-4-12(13(15)5-9(8)2)14(16)11-6-10(3)17-7-11/h4-5,10-11,14,16H,6-7H2,1-3H3. The second-order valence-corrected chi connectivity index (χ2v) is 5.45. The zero-order chi connectivity index (χ0) is 12.6. The van der Waals surface area contributed by atoms with Crippen LogP contribution in [0.25, 0.3) is 0 Å². The van der Waals surface area contributed by atoms with E-state index in [1.165, 1.54) is 0 Å². The number of hydrogen-bond donors (Lipinski definition) is 1. The summed E-state index contributed by atoms with van der Waals surface area (Å²) in [5.41, 5.74) is 3.15. The molecular weight excluding hydrogens is 236 g/mol. The molecule has 3 unspecified atom stereocenters. The van der Waals surface area contributed by atoms with Gasteiger partial charge in [0.15, 0.2) is 0 Å². The van der Waals surface area contributed by atoms with Gasteiger partial charge in [0.25, 0.3) is 0 Å². The molecule has 0 radical (unpaired) electrons. The molecule has 0 aliphatic carbocycles. The van der Waals surface area contributed by atoms with E-state index in [1.54, 1.807) is 0 Å². The Kier molecular flexibility index (Phi) is 3.76. The van der Waals surface area contributed by atoms with Crippen LogP contribution in [0.2, 0.25) is 5.02 Å². The van der Waals surface area contributed by atoms with E-state index in [0.29, 0.717) is 11.6 Å². The van der Waals surface area contributed by atoms with Crippen LogP contribution in [-0.2, 0) is 4.74 Å². The molecule has 0 spiro atoms. The number of aliphatic hydroxyl groups is 1. The van der Waals surface area contributed by atoms with E-state index in [1.807, 2.05) is 32.9 Å². The number of ether oxygens (including phenoxy) is 1. The van der Waals surface area contributed by atoms with Crippen LogP contribution in [0.15, 0.2) is 12.1 Å². The van der Waals surface area contributed by atoms with Crippen molar-refractivity contribution in [3.63, 3.8) is 0 Å². The average molecular weight is 255 g/mol. The third-order valence-corrected chi connectivity index (χ3v) is 3.94. The van der Waals surface area contributed by atoms with Crippen molar-refractivity contribution in [2.45, 2.75) is 39.4 Å². The summed E-state index contributed by atoms with van der Waals surface area (Å²) in [6, 6.07) is 3.92. The number of aryl methyl sites for hydroxylation is 2. The monoisotopic (exact) mass is 254 g/mol. The van der Waals surface area contributed by atoms with Gasteiger partial charge >= 0.3 is 0 Å². The maximum absolute atomic E-state index is 10.4. The van der Waals surface area contributed by atoms with Gasteiger partial charge in [-0.25, -0.2) is 0 Å². The maximum Gasteiger partial charge on any atom is 0.0855 e. The van der Waals surface area contributed by atoms with Crippen LogP contribution in [0.4, 0.5) is 0 Å². The Morgan fingerprint density at radius 3 is 2.59 bits per heavy atom. The fourth-order valence-corrected chi connectivity index (χ4v) is 2.68. The molecule has 1 aliphatic heterocycles. The molecule has 1 fully saturated rings. The van der Waals surface area contributed by atoms with Crippen LogP contribution in [-0.4, -0.2) is 17.8 Å². The van der Waals surface area contributed by atoms with Crippen LogP contribution in [0.3, 0.4) is 0 Å². The molecule has 94 valence electrons. The summed E-state index contributed by atoms with van der Waals surface area (Å²) in [6.45, 7) is 6.72. The highest BCUT2D eigenvalue weighted by atomic mass is 35.5. The number of benzene rings is 1. The van der Waals surface area contributed by atoms with E-state index in [9.17, 15) is 5.11 Å². The fraction of sp³-hybridized carbons (Fsp3) is 0.571. The summed E-state index contributed by atoms with van der Waals surface area (Å²) < 4.78 is 5.50. The minimum absolute atomic E-state index is 0.157. The van der Waals surface area contributed by atoms with Gasteiger partial charge in [0.2, 0.25) is 0 Å². The normalized spacial score (nSPS) is 26.2. The van der Waals surface area contributed by atoms with Crippen molar-refractivity contribution in [1.29, 1.82) is 0 Å². The van der Waals surface area contributed by atoms with Crippen LogP contribution >= 0.6 is 11.6 Å². The lowest BCUT2D eigenvalue weighted by atomic mass is 9.92. The fourth-order valence-electron chi connectivity index (χ4n) is 2.35. The van der Waals surface area contributed by atoms with Gasteiger partial charge in [-0.15, -0.1) is 0 Å². The third kappa shape index (κ3) is 2.65. The number of aliphatic hydroxyl groups excluding tert-OH is 1.